The molecule has 3 rings (SSSR count). The molecule has 0 saturated carbocycles. The van der Waals surface area contributed by atoms with Crippen LogP contribution in [0.15, 0.2) is 77.7 Å². The summed E-state index contributed by atoms with van der Waals surface area (Å²) >= 11 is 0. The minimum Gasteiger partial charge on any atom is -0.381 e. The number of hydrogen-bond donors (Lipinski definition) is 1. The Morgan fingerprint density at radius 3 is 2.41 bits per heavy atom. The molecule has 1 heterocycles. The number of para-hydroxylation sites is 2. The van der Waals surface area contributed by atoms with Gasteiger partial charge in [-0.15, -0.1) is 0 Å². The first-order chi connectivity index (χ1) is 10.7. The second kappa shape index (κ2) is 6.31. The highest BCUT2D eigenvalue weighted by Gasteiger charge is 2.02. The van der Waals surface area contributed by atoms with Crippen molar-refractivity contribution >= 4 is 5.69 Å². The number of pyridine rings is 1. The number of aryl methyl sites for hydroxylation is 1. The summed E-state index contributed by atoms with van der Waals surface area (Å²) in [4.78, 5) is 12.0. The van der Waals surface area contributed by atoms with Gasteiger partial charge < -0.3 is 5.32 Å². The van der Waals surface area contributed by atoms with Crippen molar-refractivity contribution in [1.29, 1.82) is 0 Å². The van der Waals surface area contributed by atoms with Crippen molar-refractivity contribution in [2.75, 3.05) is 5.32 Å². The summed E-state index contributed by atoms with van der Waals surface area (Å²) in [7, 11) is 0. The molecule has 22 heavy (non-hydrogen) atoms. The molecule has 2 aromatic carbocycles. The Labute approximate surface area is 129 Å². The van der Waals surface area contributed by atoms with Crippen LogP contribution in [0.4, 0.5) is 5.69 Å². The van der Waals surface area contributed by atoms with Crippen LogP contribution in [0.1, 0.15) is 11.1 Å². The molecule has 0 aliphatic heterocycles. The molecule has 3 heteroatoms. The van der Waals surface area contributed by atoms with Crippen LogP contribution in [0.5, 0.6) is 0 Å². The molecule has 3 aromatic rings. The number of hydrogen-bond acceptors (Lipinski definition) is 2. The van der Waals surface area contributed by atoms with Gasteiger partial charge in [0.05, 0.1) is 0 Å². The summed E-state index contributed by atoms with van der Waals surface area (Å²) in [6.07, 6.45) is 1.89. The number of anilines is 1. The minimum absolute atomic E-state index is 0.0224. The number of nitrogens with one attached hydrogen (secondary N) is 1. The van der Waals surface area contributed by atoms with Crippen molar-refractivity contribution in [3.8, 4) is 5.69 Å². The fourth-order valence-corrected chi connectivity index (χ4v) is 2.39. The minimum atomic E-state index is -0.0224. The van der Waals surface area contributed by atoms with Crippen molar-refractivity contribution in [1.82, 2.24) is 4.57 Å². The van der Waals surface area contributed by atoms with Gasteiger partial charge in [0.15, 0.2) is 0 Å². The molecule has 110 valence electrons. The Balaban J connectivity index is 1.84. The fraction of sp³-hybridized carbons (Fsp3) is 0.105. The Kier molecular flexibility index (Phi) is 4.05. The van der Waals surface area contributed by atoms with Crippen LogP contribution in [-0.2, 0) is 6.54 Å². The van der Waals surface area contributed by atoms with E-state index in [2.05, 4.69) is 24.4 Å². The van der Waals surface area contributed by atoms with Crippen LogP contribution < -0.4 is 10.9 Å². The van der Waals surface area contributed by atoms with Gasteiger partial charge in [-0.1, -0.05) is 42.5 Å². The number of rotatable bonds is 4. The highest BCUT2D eigenvalue weighted by molar-refractivity contribution is 5.50. The van der Waals surface area contributed by atoms with Crippen molar-refractivity contribution in [3.63, 3.8) is 0 Å². The summed E-state index contributed by atoms with van der Waals surface area (Å²) in [5, 5.41) is 3.41. The first-order valence-corrected chi connectivity index (χ1v) is 7.30. The molecule has 0 radical (unpaired) electrons. The van der Waals surface area contributed by atoms with E-state index in [1.54, 1.807) is 10.6 Å². The van der Waals surface area contributed by atoms with Crippen LogP contribution >= 0.6 is 0 Å². The number of nitrogens with zero attached hydrogens (tertiary/aromatic N) is 1. The third kappa shape index (κ3) is 3.09. The maximum Gasteiger partial charge on any atom is 0.255 e. The lowest BCUT2D eigenvalue weighted by Gasteiger charge is -2.11. The van der Waals surface area contributed by atoms with E-state index in [0.29, 0.717) is 6.54 Å². The fourth-order valence-electron chi connectivity index (χ4n) is 2.39. The van der Waals surface area contributed by atoms with E-state index >= 15 is 0 Å². The van der Waals surface area contributed by atoms with Gasteiger partial charge in [-0.3, -0.25) is 9.36 Å². The van der Waals surface area contributed by atoms with Gasteiger partial charge >= 0.3 is 0 Å². The van der Waals surface area contributed by atoms with E-state index in [-0.39, 0.29) is 5.56 Å². The van der Waals surface area contributed by atoms with Crippen LogP contribution in [0.2, 0.25) is 0 Å². The molecule has 0 spiro atoms. The van der Waals surface area contributed by atoms with Crippen molar-refractivity contribution in [2.24, 2.45) is 0 Å². The molecule has 0 aliphatic rings. The molecule has 0 aliphatic carbocycles. The number of benzene rings is 2. The van der Waals surface area contributed by atoms with E-state index in [9.17, 15) is 4.79 Å². The highest BCUT2D eigenvalue weighted by atomic mass is 16.1. The molecular formula is C19H18N2O. The van der Waals surface area contributed by atoms with Gasteiger partial charge in [0, 0.05) is 30.2 Å². The summed E-state index contributed by atoms with van der Waals surface area (Å²) in [6.45, 7) is 2.76. The van der Waals surface area contributed by atoms with Gasteiger partial charge in [0.25, 0.3) is 5.56 Å². The van der Waals surface area contributed by atoms with Crippen molar-refractivity contribution in [3.05, 3.63) is 94.4 Å². The molecule has 0 fully saturated rings. The Hall–Kier alpha value is -2.81. The summed E-state index contributed by atoms with van der Waals surface area (Å²) in [5.41, 5.74) is 4.24. The molecule has 1 N–H and O–H groups in total. The van der Waals surface area contributed by atoms with Crippen LogP contribution in [0.3, 0.4) is 0 Å². The highest BCUT2D eigenvalue weighted by Crippen LogP contribution is 2.14. The van der Waals surface area contributed by atoms with E-state index in [0.717, 1.165) is 16.9 Å². The second-order valence-electron chi connectivity index (χ2n) is 5.25. The summed E-state index contributed by atoms with van der Waals surface area (Å²) in [6, 6.07) is 21.3. The average molecular weight is 290 g/mol. The van der Waals surface area contributed by atoms with Crippen LogP contribution in [0, 0.1) is 6.92 Å². The zero-order chi connectivity index (χ0) is 15.4. The summed E-state index contributed by atoms with van der Waals surface area (Å²) < 4.78 is 1.68. The largest absolute Gasteiger partial charge is 0.381 e. The maximum atomic E-state index is 12.0. The normalized spacial score (nSPS) is 10.4. The zero-order valence-electron chi connectivity index (χ0n) is 12.5. The van der Waals surface area contributed by atoms with Crippen molar-refractivity contribution in [2.45, 2.75) is 13.5 Å². The Morgan fingerprint density at radius 2 is 1.64 bits per heavy atom. The van der Waals surface area contributed by atoms with E-state index in [1.165, 1.54) is 5.56 Å². The van der Waals surface area contributed by atoms with Gasteiger partial charge in [-0.2, -0.15) is 0 Å². The van der Waals surface area contributed by atoms with Gasteiger partial charge in [0.2, 0.25) is 0 Å². The van der Waals surface area contributed by atoms with E-state index in [4.69, 9.17) is 0 Å². The Morgan fingerprint density at radius 1 is 0.909 bits per heavy atom. The van der Waals surface area contributed by atoms with Crippen LogP contribution in [0.25, 0.3) is 5.69 Å². The van der Waals surface area contributed by atoms with E-state index in [1.807, 2.05) is 54.7 Å². The van der Waals surface area contributed by atoms with E-state index < -0.39 is 0 Å². The molecule has 0 atom stereocenters. The third-order valence-corrected chi connectivity index (χ3v) is 3.63. The van der Waals surface area contributed by atoms with Crippen LogP contribution in [-0.4, -0.2) is 4.57 Å². The maximum absolute atomic E-state index is 12.0. The molecule has 0 amide bonds. The second-order valence-corrected chi connectivity index (χ2v) is 5.25. The smallest absolute Gasteiger partial charge is 0.255 e. The standard InChI is InChI=1S/C19H18N2O/c1-15-7-5-6-10-18(15)20-13-16-11-12-19(22)21(14-16)17-8-3-2-4-9-17/h2-12,14,20H,13H2,1H3. The molecule has 1 aromatic heterocycles. The molecule has 0 saturated heterocycles. The topological polar surface area (TPSA) is 34.0 Å². The molecule has 3 nitrogen and oxygen atoms in total. The molecule has 0 bridgehead atoms. The lowest BCUT2D eigenvalue weighted by Crippen LogP contribution is -2.17. The lowest BCUT2D eigenvalue weighted by atomic mass is 10.2. The monoisotopic (exact) mass is 290 g/mol. The predicted molar refractivity (Wildman–Crippen MR) is 90.5 cm³/mol. The lowest BCUT2D eigenvalue weighted by molar-refractivity contribution is 0.955. The molecule has 0 unspecified atom stereocenters. The predicted octanol–water partition coefficient (Wildman–Crippen LogP) is 3.76. The first kappa shape index (κ1) is 14.1. The van der Waals surface area contributed by atoms with Gasteiger partial charge in [-0.05, 0) is 36.2 Å². The Bertz CT molecular complexity index is 822. The zero-order valence-corrected chi connectivity index (χ0v) is 12.5. The third-order valence-electron chi connectivity index (χ3n) is 3.63. The SMILES string of the molecule is Cc1ccccc1NCc1ccc(=O)n(-c2ccccc2)c1. The quantitative estimate of drug-likeness (QED) is 0.794. The number of aromatic nitrogens is 1. The first-order valence-electron chi connectivity index (χ1n) is 7.30. The molecular weight excluding hydrogens is 272 g/mol. The van der Waals surface area contributed by atoms with Gasteiger partial charge in [0.1, 0.15) is 0 Å². The van der Waals surface area contributed by atoms with Crippen molar-refractivity contribution < 1.29 is 0 Å². The summed E-state index contributed by atoms with van der Waals surface area (Å²) in [5.74, 6) is 0. The average Bonchev–Trinajstić information content (AvgIpc) is 2.56. The van der Waals surface area contributed by atoms with Gasteiger partial charge in [-0.25, -0.2) is 0 Å².